The number of para-hydroxylation sites is 2. The summed E-state index contributed by atoms with van der Waals surface area (Å²) in [4.78, 5) is 12.6. The minimum absolute atomic E-state index is 0.144. The Morgan fingerprint density at radius 2 is 1.64 bits per heavy atom. The Morgan fingerprint density at radius 3 is 2.43 bits per heavy atom. The van der Waals surface area contributed by atoms with Crippen LogP contribution in [0, 0.1) is 13.8 Å². The molecule has 0 unspecified atom stereocenters. The van der Waals surface area contributed by atoms with Crippen molar-refractivity contribution in [3.63, 3.8) is 0 Å². The number of hydrogen-bond donors (Lipinski definition) is 2. The number of nitrogens with one attached hydrogen (secondary N) is 2. The Kier molecular flexibility index (Phi) is 4.81. The molecule has 0 saturated carbocycles. The monoisotopic (exact) mass is 371 g/mol. The van der Waals surface area contributed by atoms with Crippen molar-refractivity contribution in [2.45, 2.75) is 20.3 Å². The van der Waals surface area contributed by atoms with Crippen LogP contribution in [0.1, 0.15) is 16.8 Å². The molecule has 0 aliphatic rings. The van der Waals surface area contributed by atoms with E-state index < -0.39 is 0 Å². The Labute approximate surface area is 163 Å². The first kappa shape index (κ1) is 17.8. The van der Waals surface area contributed by atoms with E-state index in [1.54, 1.807) is 0 Å². The molecule has 0 saturated heterocycles. The van der Waals surface area contributed by atoms with Crippen LogP contribution in [0.15, 0.2) is 71.3 Å². The van der Waals surface area contributed by atoms with Crippen LogP contribution in [0.4, 0.5) is 17.1 Å². The zero-order valence-electron chi connectivity index (χ0n) is 15.8. The fourth-order valence-electron chi connectivity index (χ4n) is 3.07. The number of aryl methyl sites for hydroxylation is 2. The molecule has 0 aliphatic carbocycles. The molecule has 0 radical (unpaired) electrons. The van der Waals surface area contributed by atoms with Crippen molar-refractivity contribution in [2.75, 3.05) is 10.6 Å². The molecule has 5 heteroatoms. The average Bonchev–Trinajstić information content (AvgIpc) is 3.07. The van der Waals surface area contributed by atoms with Gasteiger partial charge in [0.1, 0.15) is 5.69 Å². The van der Waals surface area contributed by atoms with Gasteiger partial charge in [-0.2, -0.15) is 0 Å². The molecule has 3 aromatic carbocycles. The molecule has 140 valence electrons. The van der Waals surface area contributed by atoms with Gasteiger partial charge in [0.15, 0.2) is 5.58 Å². The summed E-state index contributed by atoms with van der Waals surface area (Å²) in [6.45, 7) is 4.05. The van der Waals surface area contributed by atoms with Crippen molar-refractivity contribution in [1.82, 2.24) is 5.16 Å². The van der Waals surface area contributed by atoms with Gasteiger partial charge in [-0.3, -0.25) is 4.79 Å². The van der Waals surface area contributed by atoms with Gasteiger partial charge in [0.2, 0.25) is 5.91 Å². The molecule has 28 heavy (non-hydrogen) atoms. The molecule has 0 atom stereocenters. The van der Waals surface area contributed by atoms with E-state index in [0.717, 1.165) is 28.0 Å². The molecular formula is C23H21N3O2. The van der Waals surface area contributed by atoms with Gasteiger partial charge in [-0.05, 0) is 50.2 Å². The lowest BCUT2D eigenvalue weighted by Gasteiger charge is -2.13. The molecule has 1 heterocycles. The zero-order valence-corrected chi connectivity index (χ0v) is 15.8. The molecule has 1 amide bonds. The third-order valence-electron chi connectivity index (χ3n) is 4.56. The minimum atomic E-state index is -0.144. The van der Waals surface area contributed by atoms with Crippen molar-refractivity contribution >= 4 is 33.9 Å². The average molecular weight is 371 g/mol. The number of hydrogen-bond acceptors (Lipinski definition) is 4. The van der Waals surface area contributed by atoms with Crippen molar-refractivity contribution in [1.29, 1.82) is 0 Å². The number of aromatic nitrogens is 1. The van der Waals surface area contributed by atoms with E-state index in [9.17, 15) is 4.79 Å². The van der Waals surface area contributed by atoms with Gasteiger partial charge >= 0.3 is 0 Å². The molecule has 0 spiro atoms. The number of anilines is 3. The summed E-state index contributed by atoms with van der Waals surface area (Å²) in [6.07, 6.45) is 0.148. The molecule has 4 rings (SSSR count). The highest BCUT2D eigenvalue weighted by atomic mass is 16.5. The maximum atomic E-state index is 12.6. The molecular weight excluding hydrogens is 350 g/mol. The number of amides is 1. The van der Waals surface area contributed by atoms with E-state index in [1.165, 1.54) is 5.56 Å². The lowest BCUT2D eigenvalue weighted by molar-refractivity contribution is -0.115. The van der Waals surface area contributed by atoms with E-state index in [-0.39, 0.29) is 12.3 Å². The van der Waals surface area contributed by atoms with E-state index in [2.05, 4.69) is 15.8 Å². The van der Waals surface area contributed by atoms with Crippen LogP contribution in [0.25, 0.3) is 11.0 Å². The summed E-state index contributed by atoms with van der Waals surface area (Å²) in [5.74, 6) is -0.144. The Balaban J connectivity index is 1.51. The van der Waals surface area contributed by atoms with Gasteiger partial charge in [0.05, 0.1) is 17.8 Å². The van der Waals surface area contributed by atoms with Crippen LogP contribution in [-0.2, 0) is 11.2 Å². The molecule has 0 fully saturated rings. The van der Waals surface area contributed by atoms with Crippen LogP contribution >= 0.6 is 0 Å². The summed E-state index contributed by atoms with van der Waals surface area (Å²) >= 11 is 0. The predicted molar refractivity (Wildman–Crippen MR) is 112 cm³/mol. The van der Waals surface area contributed by atoms with Crippen LogP contribution < -0.4 is 10.6 Å². The SMILES string of the molecule is Cc1ccc(Nc2ccccc2NC(=O)Cc2noc3ccc(C)cc23)cc1. The van der Waals surface area contributed by atoms with Crippen LogP contribution in [-0.4, -0.2) is 11.1 Å². The topological polar surface area (TPSA) is 67.2 Å². The number of rotatable bonds is 5. The minimum Gasteiger partial charge on any atom is -0.356 e. The lowest BCUT2D eigenvalue weighted by Crippen LogP contribution is -2.15. The summed E-state index contributed by atoms with van der Waals surface area (Å²) in [6, 6.07) is 21.6. The predicted octanol–water partition coefficient (Wildman–Crippen LogP) is 5.37. The number of carbonyl (C=O) groups is 1. The zero-order chi connectivity index (χ0) is 19.5. The second kappa shape index (κ2) is 7.56. The molecule has 5 nitrogen and oxygen atoms in total. The first-order valence-electron chi connectivity index (χ1n) is 9.16. The summed E-state index contributed by atoms with van der Waals surface area (Å²) in [5.41, 5.74) is 6.14. The molecule has 4 aromatic rings. The highest BCUT2D eigenvalue weighted by molar-refractivity contribution is 5.97. The van der Waals surface area contributed by atoms with Gasteiger partial charge in [0, 0.05) is 11.1 Å². The van der Waals surface area contributed by atoms with Gasteiger partial charge in [-0.25, -0.2) is 0 Å². The Morgan fingerprint density at radius 1 is 0.929 bits per heavy atom. The largest absolute Gasteiger partial charge is 0.356 e. The number of fused-ring (bicyclic) bond motifs is 1. The number of benzene rings is 3. The lowest BCUT2D eigenvalue weighted by atomic mass is 10.1. The van der Waals surface area contributed by atoms with E-state index in [0.29, 0.717) is 11.3 Å². The number of nitrogens with zero attached hydrogens (tertiary/aromatic N) is 1. The van der Waals surface area contributed by atoms with Crippen molar-refractivity contribution < 1.29 is 9.32 Å². The smallest absolute Gasteiger partial charge is 0.230 e. The molecule has 0 bridgehead atoms. The maximum absolute atomic E-state index is 12.6. The molecule has 0 aliphatic heterocycles. The third kappa shape index (κ3) is 3.88. The Bertz CT molecular complexity index is 1130. The fourth-order valence-corrected chi connectivity index (χ4v) is 3.07. The highest BCUT2D eigenvalue weighted by Crippen LogP contribution is 2.26. The second-order valence-corrected chi connectivity index (χ2v) is 6.89. The van der Waals surface area contributed by atoms with Gasteiger partial charge in [-0.15, -0.1) is 0 Å². The van der Waals surface area contributed by atoms with Crippen LogP contribution in [0.3, 0.4) is 0 Å². The van der Waals surface area contributed by atoms with Crippen molar-refractivity contribution in [3.8, 4) is 0 Å². The summed E-state index contributed by atoms with van der Waals surface area (Å²) in [5, 5.41) is 11.3. The van der Waals surface area contributed by atoms with Crippen LogP contribution in [0.2, 0.25) is 0 Å². The van der Waals surface area contributed by atoms with E-state index >= 15 is 0 Å². The van der Waals surface area contributed by atoms with E-state index in [4.69, 9.17) is 4.52 Å². The molecule has 2 N–H and O–H groups in total. The van der Waals surface area contributed by atoms with E-state index in [1.807, 2.05) is 80.6 Å². The first-order valence-corrected chi connectivity index (χ1v) is 9.16. The number of carbonyl (C=O) groups excluding carboxylic acids is 1. The van der Waals surface area contributed by atoms with Crippen molar-refractivity contribution in [3.05, 3.63) is 83.6 Å². The standard InChI is InChI=1S/C23H21N3O2/c1-15-7-10-17(11-8-15)24-19-5-3-4-6-20(19)25-23(27)14-21-18-13-16(2)9-12-22(18)28-26-21/h3-13,24H,14H2,1-2H3,(H,25,27). The Hall–Kier alpha value is -3.60. The van der Waals surface area contributed by atoms with Crippen LogP contribution in [0.5, 0.6) is 0 Å². The summed E-state index contributed by atoms with van der Waals surface area (Å²) < 4.78 is 5.33. The second-order valence-electron chi connectivity index (χ2n) is 6.89. The van der Waals surface area contributed by atoms with Gasteiger partial charge < -0.3 is 15.2 Å². The summed E-state index contributed by atoms with van der Waals surface area (Å²) in [7, 11) is 0. The molecule has 1 aromatic heterocycles. The third-order valence-corrected chi connectivity index (χ3v) is 4.56. The highest BCUT2D eigenvalue weighted by Gasteiger charge is 2.14. The van der Waals surface area contributed by atoms with Gasteiger partial charge in [-0.1, -0.05) is 46.6 Å². The van der Waals surface area contributed by atoms with Crippen molar-refractivity contribution in [2.24, 2.45) is 0 Å². The normalized spacial score (nSPS) is 10.8. The quantitative estimate of drug-likeness (QED) is 0.495. The maximum Gasteiger partial charge on any atom is 0.230 e. The fraction of sp³-hybridized carbons (Fsp3) is 0.130. The first-order chi connectivity index (χ1) is 13.6. The van der Waals surface area contributed by atoms with Gasteiger partial charge in [0.25, 0.3) is 0 Å².